The van der Waals surface area contributed by atoms with E-state index in [4.69, 9.17) is 9.84 Å². The average molecular weight is 367 g/mol. The van der Waals surface area contributed by atoms with Gasteiger partial charge < -0.3 is 9.84 Å². The van der Waals surface area contributed by atoms with Crippen LogP contribution in [0.5, 0.6) is 0 Å². The molecule has 148 valence electrons. The van der Waals surface area contributed by atoms with E-state index in [-0.39, 0.29) is 18.4 Å². The monoisotopic (exact) mass is 366 g/mol. The van der Waals surface area contributed by atoms with Gasteiger partial charge >= 0.3 is 5.97 Å². The predicted octanol–water partition coefficient (Wildman–Crippen LogP) is 3.84. The summed E-state index contributed by atoms with van der Waals surface area (Å²) in [4.78, 5) is 22.6. The number of unbranched alkanes of at least 4 members (excludes halogenated alkanes) is 4. The highest BCUT2D eigenvalue weighted by molar-refractivity contribution is 5.77. The Balaban J connectivity index is 1.77. The molecule has 2 fully saturated rings. The first-order chi connectivity index (χ1) is 12.5. The highest BCUT2D eigenvalue weighted by atomic mass is 16.5. The Morgan fingerprint density at radius 2 is 1.85 bits per heavy atom. The lowest BCUT2D eigenvalue weighted by molar-refractivity contribution is -0.137. The van der Waals surface area contributed by atoms with Crippen molar-refractivity contribution in [2.45, 2.75) is 89.8 Å². The molecule has 6 nitrogen and oxygen atoms in total. The number of nitrogens with zero attached hydrogens (tertiary/aromatic N) is 2. The molecule has 2 rings (SSSR count). The number of carbonyl (C=O) groups excluding carboxylic acids is 1. The first-order valence-corrected chi connectivity index (χ1v) is 10.2. The van der Waals surface area contributed by atoms with E-state index in [1.165, 1.54) is 5.01 Å². The normalized spacial score (nSPS) is 27.3. The van der Waals surface area contributed by atoms with Gasteiger partial charge in [0.15, 0.2) is 0 Å². The summed E-state index contributed by atoms with van der Waals surface area (Å²) < 4.78 is 6.09. The van der Waals surface area contributed by atoms with Crippen LogP contribution in [0.4, 0.5) is 0 Å². The largest absolute Gasteiger partial charge is 0.481 e. The summed E-state index contributed by atoms with van der Waals surface area (Å²) in [6, 6.07) is 0. The lowest BCUT2D eigenvalue weighted by Gasteiger charge is -2.25. The maximum Gasteiger partial charge on any atom is 0.303 e. The minimum absolute atomic E-state index is 0.0714. The Morgan fingerprint density at radius 3 is 2.58 bits per heavy atom. The second-order valence-electron chi connectivity index (χ2n) is 7.66. The summed E-state index contributed by atoms with van der Waals surface area (Å²) in [5.74, 6) is 0.146. The summed E-state index contributed by atoms with van der Waals surface area (Å²) >= 11 is 0. The van der Waals surface area contributed by atoms with Crippen molar-refractivity contribution in [2.24, 2.45) is 16.9 Å². The lowest BCUT2D eigenvalue weighted by Crippen LogP contribution is -2.30. The molecule has 2 heterocycles. The van der Waals surface area contributed by atoms with Crippen LogP contribution in [0.3, 0.4) is 0 Å². The van der Waals surface area contributed by atoms with E-state index in [0.717, 1.165) is 57.8 Å². The van der Waals surface area contributed by atoms with Gasteiger partial charge in [-0.25, -0.2) is 5.01 Å². The molecule has 4 unspecified atom stereocenters. The standard InChI is InChI=1S/C20H34N2O4/c1-3-4-10-19(23)22(2)21-14-16-15(17-12-13-18(16)26-17)9-7-5-6-8-11-20(24)25/h14-18H,3-13H2,1-2H3,(H,24,25). The summed E-state index contributed by atoms with van der Waals surface area (Å²) in [5.41, 5.74) is 0. The van der Waals surface area contributed by atoms with E-state index in [1.807, 2.05) is 6.21 Å². The van der Waals surface area contributed by atoms with Gasteiger partial charge in [-0.15, -0.1) is 0 Å². The lowest BCUT2D eigenvalue weighted by atomic mass is 9.77. The Morgan fingerprint density at radius 1 is 1.12 bits per heavy atom. The summed E-state index contributed by atoms with van der Waals surface area (Å²) in [6.45, 7) is 2.08. The number of rotatable bonds is 12. The van der Waals surface area contributed by atoms with Crippen LogP contribution in [0.1, 0.15) is 77.6 Å². The quantitative estimate of drug-likeness (QED) is 0.323. The summed E-state index contributed by atoms with van der Waals surface area (Å²) in [7, 11) is 1.74. The molecule has 2 saturated heterocycles. The molecule has 2 bridgehead atoms. The molecule has 0 radical (unpaired) electrons. The Labute approximate surface area is 157 Å². The minimum Gasteiger partial charge on any atom is -0.481 e. The number of ether oxygens (including phenoxy) is 1. The van der Waals surface area contributed by atoms with Crippen molar-refractivity contribution in [1.29, 1.82) is 0 Å². The molecule has 1 N–H and O–H groups in total. The van der Waals surface area contributed by atoms with Gasteiger partial charge in [0, 0.05) is 32.0 Å². The highest BCUT2D eigenvalue weighted by Gasteiger charge is 2.47. The number of carboxylic acid groups (broad SMARTS) is 1. The number of hydrazone groups is 1. The van der Waals surface area contributed by atoms with Crippen molar-refractivity contribution >= 4 is 18.1 Å². The number of fused-ring (bicyclic) bond motifs is 2. The second kappa shape index (κ2) is 10.7. The molecule has 1 amide bonds. The second-order valence-corrected chi connectivity index (χ2v) is 7.66. The van der Waals surface area contributed by atoms with Crippen LogP contribution in [0, 0.1) is 11.8 Å². The topological polar surface area (TPSA) is 79.2 Å². The SMILES string of the molecule is CCCCC(=O)N(C)N=CC1C2CCC(O2)C1CCCCCCC(=O)O. The molecule has 6 heteroatoms. The smallest absolute Gasteiger partial charge is 0.303 e. The van der Waals surface area contributed by atoms with E-state index < -0.39 is 5.97 Å². The Hall–Kier alpha value is -1.43. The van der Waals surface area contributed by atoms with Crippen molar-refractivity contribution in [3.8, 4) is 0 Å². The third kappa shape index (κ3) is 6.08. The van der Waals surface area contributed by atoms with Crippen molar-refractivity contribution in [3.05, 3.63) is 0 Å². The van der Waals surface area contributed by atoms with E-state index in [1.54, 1.807) is 7.05 Å². The molecular formula is C20H34N2O4. The molecule has 2 aliphatic rings. The summed E-state index contributed by atoms with van der Waals surface area (Å²) in [6.07, 6.45) is 12.5. The molecule has 0 aromatic rings. The zero-order chi connectivity index (χ0) is 18.9. The molecule has 4 atom stereocenters. The van der Waals surface area contributed by atoms with Gasteiger partial charge in [-0.05, 0) is 38.0 Å². The van der Waals surface area contributed by atoms with Crippen LogP contribution < -0.4 is 0 Å². The zero-order valence-electron chi connectivity index (χ0n) is 16.2. The molecule has 2 aliphatic heterocycles. The first-order valence-electron chi connectivity index (χ1n) is 10.2. The van der Waals surface area contributed by atoms with Gasteiger partial charge in [0.25, 0.3) is 0 Å². The minimum atomic E-state index is -0.708. The third-order valence-electron chi connectivity index (χ3n) is 5.68. The van der Waals surface area contributed by atoms with E-state index in [0.29, 0.717) is 24.4 Å². The van der Waals surface area contributed by atoms with Crippen molar-refractivity contribution < 1.29 is 19.4 Å². The van der Waals surface area contributed by atoms with Crippen LogP contribution in [0.2, 0.25) is 0 Å². The van der Waals surface area contributed by atoms with Gasteiger partial charge in [0.2, 0.25) is 5.91 Å². The molecule has 0 spiro atoms. The van der Waals surface area contributed by atoms with E-state index >= 15 is 0 Å². The number of hydrogen-bond acceptors (Lipinski definition) is 4. The number of aliphatic carboxylic acids is 1. The van der Waals surface area contributed by atoms with Crippen molar-refractivity contribution in [1.82, 2.24) is 5.01 Å². The van der Waals surface area contributed by atoms with Crippen molar-refractivity contribution in [2.75, 3.05) is 7.05 Å². The number of amides is 1. The molecule has 26 heavy (non-hydrogen) atoms. The van der Waals surface area contributed by atoms with Gasteiger partial charge in [-0.1, -0.05) is 32.6 Å². The fraction of sp³-hybridized carbons (Fsp3) is 0.850. The number of carbonyl (C=O) groups is 2. The zero-order valence-corrected chi connectivity index (χ0v) is 16.2. The molecule has 0 saturated carbocycles. The fourth-order valence-electron chi connectivity index (χ4n) is 4.14. The average Bonchev–Trinajstić information content (AvgIpc) is 3.21. The first kappa shape index (κ1) is 20.9. The summed E-state index contributed by atoms with van der Waals surface area (Å²) in [5, 5.41) is 14.6. The van der Waals surface area contributed by atoms with Crippen LogP contribution in [-0.2, 0) is 14.3 Å². The van der Waals surface area contributed by atoms with Gasteiger partial charge in [-0.2, -0.15) is 5.10 Å². The van der Waals surface area contributed by atoms with E-state index in [2.05, 4.69) is 12.0 Å². The fourth-order valence-corrected chi connectivity index (χ4v) is 4.14. The number of hydrogen-bond donors (Lipinski definition) is 1. The van der Waals surface area contributed by atoms with Crippen LogP contribution >= 0.6 is 0 Å². The van der Waals surface area contributed by atoms with Crippen LogP contribution in [0.15, 0.2) is 5.10 Å². The van der Waals surface area contributed by atoms with Crippen LogP contribution in [0.25, 0.3) is 0 Å². The number of carboxylic acids is 1. The van der Waals surface area contributed by atoms with Crippen LogP contribution in [-0.4, -0.2) is 47.5 Å². The predicted molar refractivity (Wildman–Crippen MR) is 101 cm³/mol. The van der Waals surface area contributed by atoms with Gasteiger partial charge in [0.1, 0.15) is 0 Å². The molecule has 0 aromatic carbocycles. The van der Waals surface area contributed by atoms with E-state index in [9.17, 15) is 9.59 Å². The van der Waals surface area contributed by atoms with Crippen molar-refractivity contribution in [3.63, 3.8) is 0 Å². The van der Waals surface area contributed by atoms with Gasteiger partial charge in [-0.3, -0.25) is 9.59 Å². The molecule has 0 aromatic heterocycles. The Kier molecular flexibility index (Phi) is 8.55. The maximum atomic E-state index is 12.0. The maximum absolute atomic E-state index is 12.0. The highest BCUT2D eigenvalue weighted by Crippen LogP contribution is 2.44. The third-order valence-corrected chi connectivity index (χ3v) is 5.68. The Bertz CT molecular complexity index is 494. The molecular weight excluding hydrogens is 332 g/mol. The molecule has 0 aliphatic carbocycles. The van der Waals surface area contributed by atoms with Gasteiger partial charge in [0.05, 0.1) is 12.2 Å².